The molecule has 0 bridgehead atoms. The van der Waals surface area contributed by atoms with E-state index < -0.39 is 11.6 Å². The average molecular weight is 261 g/mol. The largest absolute Gasteiger partial charge is 0.207 e. The van der Waals surface area contributed by atoms with Crippen LogP contribution >= 0.6 is 15.9 Å². The van der Waals surface area contributed by atoms with Crippen molar-refractivity contribution in [3.63, 3.8) is 0 Å². The number of benzene rings is 1. The molecule has 0 amide bonds. The number of allylic oxidation sites excluding steroid dienone is 2. The van der Waals surface area contributed by atoms with E-state index in [0.29, 0.717) is 6.42 Å². The summed E-state index contributed by atoms with van der Waals surface area (Å²) < 4.78 is 26.2. The van der Waals surface area contributed by atoms with Crippen molar-refractivity contribution >= 4 is 15.9 Å². The highest BCUT2D eigenvalue weighted by Gasteiger charge is 2.05. The van der Waals surface area contributed by atoms with Crippen molar-refractivity contribution in [2.75, 3.05) is 5.33 Å². The topological polar surface area (TPSA) is 0 Å². The summed E-state index contributed by atoms with van der Waals surface area (Å²) in [5.41, 5.74) is 0.137. The van der Waals surface area contributed by atoms with Crippen molar-refractivity contribution in [2.45, 2.75) is 12.8 Å². The quantitative estimate of drug-likeness (QED) is 0.570. The summed E-state index contributed by atoms with van der Waals surface area (Å²) in [6.45, 7) is 0. The highest BCUT2D eigenvalue weighted by molar-refractivity contribution is 9.09. The van der Waals surface area contributed by atoms with Gasteiger partial charge >= 0.3 is 0 Å². The predicted molar refractivity (Wildman–Crippen MR) is 57.6 cm³/mol. The highest BCUT2D eigenvalue weighted by atomic mass is 79.9. The first-order chi connectivity index (χ1) is 6.75. The van der Waals surface area contributed by atoms with E-state index in [2.05, 4.69) is 15.9 Å². The minimum absolute atomic E-state index is 0.137. The second-order valence-corrected chi connectivity index (χ2v) is 3.65. The van der Waals surface area contributed by atoms with Crippen LogP contribution in [-0.2, 0) is 6.42 Å². The van der Waals surface area contributed by atoms with Crippen molar-refractivity contribution in [3.8, 4) is 0 Å². The van der Waals surface area contributed by atoms with Crippen molar-refractivity contribution < 1.29 is 8.78 Å². The fourth-order valence-corrected chi connectivity index (χ4v) is 1.37. The van der Waals surface area contributed by atoms with E-state index in [9.17, 15) is 8.78 Å². The SMILES string of the molecule is Fc1cccc(F)c1C/C=C/CCBr. The van der Waals surface area contributed by atoms with E-state index in [4.69, 9.17) is 0 Å². The van der Waals surface area contributed by atoms with Gasteiger partial charge in [-0.3, -0.25) is 0 Å². The Morgan fingerprint density at radius 2 is 1.79 bits per heavy atom. The zero-order valence-corrected chi connectivity index (χ0v) is 9.23. The maximum Gasteiger partial charge on any atom is 0.129 e. The Hall–Kier alpha value is -0.700. The molecule has 0 unspecified atom stereocenters. The van der Waals surface area contributed by atoms with Crippen LogP contribution in [0.4, 0.5) is 8.78 Å². The van der Waals surface area contributed by atoms with E-state index in [1.165, 1.54) is 18.2 Å². The minimum Gasteiger partial charge on any atom is -0.207 e. The molecule has 0 spiro atoms. The van der Waals surface area contributed by atoms with Crippen LogP contribution in [0.25, 0.3) is 0 Å². The lowest BCUT2D eigenvalue weighted by atomic mass is 10.1. The zero-order valence-electron chi connectivity index (χ0n) is 7.64. The van der Waals surface area contributed by atoms with Gasteiger partial charge in [0, 0.05) is 10.9 Å². The van der Waals surface area contributed by atoms with Gasteiger partial charge < -0.3 is 0 Å². The molecule has 0 atom stereocenters. The van der Waals surface area contributed by atoms with Crippen LogP contribution in [0.2, 0.25) is 0 Å². The van der Waals surface area contributed by atoms with Crippen molar-refractivity contribution in [3.05, 3.63) is 47.5 Å². The third-order valence-electron chi connectivity index (χ3n) is 1.83. The molecule has 3 heteroatoms. The molecule has 0 N–H and O–H groups in total. The second kappa shape index (κ2) is 5.91. The molecule has 0 heterocycles. The molecule has 0 aliphatic rings. The van der Waals surface area contributed by atoms with Gasteiger partial charge in [0.25, 0.3) is 0 Å². The van der Waals surface area contributed by atoms with Gasteiger partial charge in [-0.25, -0.2) is 8.78 Å². The van der Waals surface area contributed by atoms with E-state index >= 15 is 0 Å². The molecule has 0 fully saturated rings. The second-order valence-electron chi connectivity index (χ2n) is 2.85. The van der Waals surface area contributed by atoms with Gasteiger partial charge in [0.05, 0.1) is 0 Å². The average Bonchev–Trinajstić information content (AvgIpc) is 2.16. The molecule has 0 saturated carbocycles. The van der Waals surface area contributed by atoms with Gasteiger partial charge in [-0.05, 0) is 25.0 Å². The maximum absolute atomic E-state index is 13.1. The van der Waals surface area contributed by atoms with Crippen LogP contribution < -0.4 is 0 Å². The first-order valence-electron chi connectivity index (χ1n) is 4.39. The van der Waals surface area contributed by atoms with Crippen molar-refractivity contribution in [1.82, 2.24) is 0 Å². The molecule has 1 aromatic rings. The third kappa shape index (κ3) is 3.22. The highest BCUT2D eigenvalue weighted by Crippen LogP contribution is 2.12. The van der Waals surface area contributed by atoms with Gasteiger partial charge in [-0.2, -0.15) is 0 Å². The third-order valence-corrected chi connectivity index (χ3v) is 2.28. The normalized spacial score (nSPS) is 11.1. The molecular weight excluding hydrogens is 250 g/mol. The molecular formula is C11H11BrF2. The Kier molecular flexibility index (Phi) is 4.80. The summed E-state index contributed by atoms with van der Waals surface area (Å²) in [4.78, 5) is 0. The Balaban J connectivity index is 2.66. The Bertz CT molecular complexity index is 301. The summed E-state index contributed by atoms with van der Waals surface area (Å²) in [6, 6.07) is 3.92. The Morgan fingerprint density at radius 1 is 1.14 bits per heavy atom. The Morgan fingerprint density at radius 3 is 2.36 bits per heavy atom. The molecule has 0 aliphatic carbocycles. The summed E-state index contributed by atoms with van der Waals surface area (Å²) in [7, 11) is 0. The fraction of sp³-hybridized carbons (Fsp3) is 0.273. The van der Waals surface area contributed by atoms with Gasteiger partial charge in [-0.1, -0.05) is 34.1 Å². The smallest absolute Gasteiger partial charge is 0.129 e. The van der Waals surface area contributed by atoms with E-state index in [-0.39, 0.29) is 5.56 Å². The predicted octanol–water partition coefficient (Wildman–Crippen LogP) is 3.85. The maximum atomic E-state index is 13.1. The van der Waals surface area contributed by atoms with Crippen molar-refractivity contribution in [2.24, 2.45) is 0 Å². The molecule has 0 aliphatic heterocycles. The van der Waals surface area contributed by atoms with E-state index in [1.54, 1.807) is 6.08 Å². The van der Waals surface area contributed by atoms with Crippen molar-refractivity contribution in [1.29, 1.82) is 0 Å². The lowest BCUT2D eigenvalue weighted by molar-refractivity contribution is 0.562. The molecule has 1 aromatic carbocycles. The Labute approximate surface area is 90.8 Å². The molecule has 0 saturated heterocycles. The summed E-state index contributed by atoms with van der Waals surface area (Å²) in [6.07, 6.45) is 4.87. The minimum atomic E-state index is -0.478. The van der Waals surface area contributed by atoms with Gasteiger partial charge in [0.15, 0.2) is 0 Å². The van der Waals surface area contributed by atoms with Gasteiger partial charge in [0.2, 0.25) is 0 Å². The molecule has 0 radical (unpaired) electrons. The first-order valence-corrected chi connectivity index (χ1v) is 5.51. The molecule has 14 heavy (non-hydrogen) atoms. The summed E-state index contributed by atoms with van der Waals surface area (Å²) in [5.74, 6) is -0.956. The van der Waals surface area contributed by atoms with Crippen LogP contribution in [-0.4, -0.2) is 5.33 Å². The van der Waals surface area contributed by atoms with E-state index in [1.807, 2.05) is 6.08 Å². The summed E-state index contributed by atoms with van der Waals surface area (Å²) in [5, 5.41) is 0.864. The van der Waals surface area contributed by atoms with Crippen LogP contribution in [0.15, 0.2) is 30.4 Å². The zero-order chi connectivity index (χ0) is 10.4. The van der Waals surface area contributed by atoms with Gasteiger partial charge in [-0.15, -0.1) is 0 Å². The molecule has 76 valence electrons. The first kappa shape index (κ1) is 11.4. The van der Waals surface area contributed by atoms with Gasteiger partial charge in [0.1, 0.15) is 11.6 Å². The lowest BCUT2D eigenvalue weighted by Crippen LogP contribution is -1.92. The van der Waals surface area contributed by atoms with E-state index in [0.717, 1.165) is 11.8 Å². The fourth-order valence-electron chi connectivity index (χ4n) is 1.11. The number of halogens is 3. The van der Waals surface area contributed by atoms with Crippen LogP contribution in [0, 0.1) is 11.6 Å². The standard InChI is InChI=1S/C11H11BrF2/c12-8-3-1-2-5-9-10(13)6-4-7-11(9)14/h1-2,4,6-7H,3,5,8H2/b2-1+. The number of hydrogen-bond acceptors (Lipinski definition) is 0. The number of hydrogen-bond donors (Lipinski definition) is 0. The molecule has 1 rings (SSSR count). The number of alkyl halides is 1. The molecule has 0 nitrogen and oxygen atoms in total. The van der Waals surface area contributed by atoms with Crippen LogP contribution in [0.1, 0.15) is 12.0 Å². The monoisotopic (exact) mass is 260 g/mol. The molecule has 0 aromatic heterocycles. The number of rotatable bonds is 4. The lowest BCUT2D eigenvalue weighted by Gasteiger charge is -2.00. The van der Waals surface area contributed by atoms with Crippen LogP contribution in [0.3, 0.4) is 0 Å². The van der Waals surface area contributed by atoms with Crippen LogP contribution in [0.5, 0.6) is 0 Å². The summed E-state index contributed by atoms with van der Waals surface area (Å²) >= 11 is 3.27.